The van der Waals surface area contributed by atoms with E-state index in [4.69, 9.17) is 4.74 Å². The van der Waals surface area contributed by atoms with Gasteiger partial charge >= 0.3 is 5.97 Å². The Balaban J connectivity index is 1.75. The van der Waals surface area contributed by atoms with Gasteiger partial charge in [-0.25, -0.2) is 14.2 Å². The molecule has 2 aliphatic rings. The fraction of sp³-hybridized carbons (Fsp3) is 0.500. The minimum absolute atomic E-state index is 0.304. The lowest BCUT2D eigenvalue weighted by Gasteiger charge is -2.35. The average Bonchev–Trinajstić information content (AvgIpc) is 2.99. The van der Waals surface area contributed by atoms with E-state index in [-0.39, 0.29) is 5.91 Å². The number of cyclic esters (lactones) is 1. The van der Waals surface area contributed by atoms with Crippen molar-refractivity contribution in [2.45, 2.75) is 64.8 Å². The number of hydrazine groups is 1. The lowest BCUT2D eigenvalue weighted by molar-refractivity contribution is -0.168. The molecule has 0 aliphatic carbocycles. The number of esters is 1. The Kier molecular flexibility index (Phi) is 9.55. The Hall–Kier alpha value is -3.93. The third-order valence-electron chi connectivity index (χ3n) is 7.61. The minimum atomic E-state index is -2.27. The van der Waals surface area contributed by atoms with Crippen molar-refractivity contribution in [3.8, 4) is 0 Å². The van der Waals surface area contributed by atoms with Crippen LogP contribution in [0.2, 0.25) is 0 Å². The van der Waals surface area contributed by atoms with Crippen LogP contribution in [-0.4, -0.2) is 71.8 Å². The van der Waals surface area contributed by atoms with Gasteiger partial charge in [-0.05, 0) is 50.3 Å². The van der Waals surface area contributed by atoms with Gasteiger partial charge in [0.1, 0.15) is 30.8 Å². The zero-order chi connectivity index (χ0) is 30.6. The second-order valence-corrected chi connectivity index (χ2v) is 11.3. The number of alkyl halides is 2. The van der Waals surface area contributed by atoms with Gasteiger partial charge in [0.15, 0.2) is 6.10 Å². The minimum Gasteiger partial charge on any atom is -0.451 e. The molecule has 3 heterocycles. The molecule has 12 heteroatoms. The van der Waals surface area contributed by atoms with E-state index < -0.39 is 66.7 Å². The van der Waals surface area contributed by atoms with Crippen molar-refractivity contribution < 1.29 is 32.7 Å². The van der Waals surface area contributed by atoms with Crippen molar-refractivity contribution in [2.75, 3.05) is 19.9 Å². The summed E-state index contributed by atoms with van der Waals surface area (Å²) in [6.45, 7) is 4.01. The van der Waals surface area contributed by atoms with E-state index in [1.54, 1.807) is 45.0 Å². The first-order valence-corrected chi connectivity index (χ1v) is 14.1. The number of halogens is 2. The molecule has 5 bridgehead atoms. The van der Waals surface area contributed by atoms with Crippen LogP contribution >= 0.6 is 0 Å². The smallest absolute Gasteiger partial charge is 0.322 e. The fourth-order valence-electron chi connectivity index (χ4n) is 4.89. The van der Waals surface area contributed by atoms with Crippen LogP contribution in [0.1, 0.15) is 57.8 Å². The summed E-state index contributed by atoms with van der Waals surface area (Å²) in [5, 5.41) is 7.58. The quantitative estimate of drug-likeness (QED) is 0.473. The summed E-state index contributed by atoms with van der Waals surface area (Å²) < 4.78 is 34.0. The first-order valence-electron chi connectivity index (χ1n) is 14.1. The van der Waals surface area contributed by atoms with Crippen LogP contribution in [-0.2, 0) is 23.9 Å². The zero-order valence-corrected chi connectivity index (χ0v) is 24.2. The number of fused-ring (bicyclic) bond motifs is 4. The first kappa shape index (κ1) is 31.0. The van der Waals surface area contributed by atoms with Gasteiger partial charge in [0.2, 0.25) is 5.91 Å². The number of aromatic nitrogens is 1. The number of carbonyl (C=O) groups is 4. The van der Waals surface area contributed by atoms with Crippen LogP contribution in [0.25, 0.3) is 17.0 Å². The average molecular weight is 586 g/mol. The summed E-state index contributed by atoms with van der Waals surface area (Å²) >= 11 is 0. The van der Waals surface area contributed by atoms with Gasteiger partial charge in [0, 0.05) is 11.9 Å². The molecular formula is C30H37F2N5O5. The molecule has 2 aromatic rings. The Bertz CT molecular complexity index is 1380. The van der Waals surface area contributed by atoms with Gasteiger partial charge in [-0.3, -0.25) is 29.2 Å². The van der Waals surface area contributed by atoms with E-state index in [1.165, 1.54) is 18.0 Å². The number of hydrogen-bond donors (Lipinski definition) is 3. The van der Waals surface area contributed by atoms with Gasteiger partial charge < -0.3 is 15.4 Å². The molecule has 1 saturated heterocycles. The molecule has 1 unspecified atom stereocenters. The number of pyridine rings is 1. The molecular weight excluding hydrogens is 548 g/mol. The Labute approximate surface area is 243 Å². The van der Waals surface area contributed by atoms with Gasteiger partial charge in [-0.15, -0.1) is 0 Å². The van der Waals surface area contributed by atoms with Gasteiger partial charge in [0.25, 0.3) is 11.8 Å². The van der Waals surface area contributed by atoms with E-state index in [0.717, 1.165) is 11.5 Å². The third-order valence-corrected chi connectivity index (χ3v) is 7.61. The summed E-state index contributed by atoms with van der Waals surface area (Å²) in [6.07, 6.45) is 2.15. The monoisotopic (exact) mass is 585 g/mol. The van der Waals surface area contributed by atoms with E-state index in [2.05, 4.69) is 21.0 Å². The number of rotatable bonds is 3. The summed E-state index contributed by atoms with van der Waals surface area (Å²) in [7, 11) is 0. The number of amides is 3. The summed E-state index contributed by atoms with van der Waals surface area (Å²) in [6, 6.07) is 6.67. The maximum Gasteiger partial charge on any atom is 0.322 e. The molecule has 1 aromatic heterocycles. The summed E-state index contributed by atoms with van der Waals surface area (Å²) in [4.78, 5) is 57.3. The lowest BCUT2D eigenvalue weighted by Crippen LogP contribution is -2.61. The molecule has 1 fully saturated rings. The highest BCUT2D eigenvalue weighted by atomic mass is 19.1. The van der Waals surface area contributed by atoms with E-state index in [9.17, 15) is 28.0 Å². The van der Waals surface area contributed by atoms with Crippen LogP contribution in [0.3, 0.4) is 0 Å². The Morgan fingerprint density at radius 2 is 1.71 bits per heavy atom. The molecule has 10 nitrogen and oxygen atoms in total. The number of nitrogens with zero attached hydrogens (tertiary/aromatic N) is 2. The second kappa shape index (κ2) is 12.9. The highest BCUT2D eigenvalue weighted by molar-refractivity contribution is 5.92. The highest BCUT2D eigenvalue weighted by Gasteiger charge is 2.42. The number of nitrogens with one attached hydrogen (secondary N) is 3. The molecule has 4 atom stereocenters. The zero-order valence-electron chi connectivity index (χ0n) is 24.2. The van der Waals surface area contributed by atoms with Gasteiger partial charge in [-0.2, -0.15) is 0 Å². The van der Waals surface area contributed by atoms with Crippen molar-refractivity contribution in [3.63, 3.8) is 0 Å². The first-order chi connectivity index (χ1) is 20.0. The molecule has 0 saturated carbocycles. The third kappa shape index (κ3) is 6.59. The van der Waals surface area contributed by atoms with Crippen molar-refractivity contribution in [3.05, 3.63) is 47.7 Å². The fourth-order valence-corrected chi connectivity index (χ4v) is 4.89. The Morgan fingerprint density at radius 1 is 1.02 bits per heavy atom. The molecule has 4 rings (SSSR count). The van der Waals surface area contributed by atoms with Crippen molar-refractivity contribution in [2.24, 2.45) is 11.3 Å². The van der Waals surface area contributed by atoms with Gasteiger partial charge in [0.05, 0.1) is 17.3 Å². The highest BCUT2D eigenvalue weighted by Crippen LogP contribution is 2.28. The van der Waals surface area contributed by atoms with E-state index >= 15 is 0 Å². The number of hydrogen-bond acceptors (Lipinski definition) is 7. The van der Waals surface area contributed by atoms with Crippen molar-refractivity contribution in [1.82, 2.24) is 26.1 Å². The SMILES string of the molecule is CC(C)C1OC(=O)C(CF)(CF)/C=C/c2ccc3ccc(nc3c2)[C@@H](C)NC(=O)[C@@H]2CCCN(N2)C(=O)[C@H](C)NC1=O. The summed E-state index contributed by atoms with van der Waals surface area (Å²) in [5.74, 6) is -3.38. The predicted molar refractivity (Wildman–Crippen MR) is 152 cm³/mol. The second-order valence-electron chi connectivity index (χ2n) is 11.3. The number of benzene rings is 1. The van der Waals surface area contributed by atoms with Crippen molar-refractivity contribution in [1.29, 1.82) is 0 Å². The van der Waals surface area contributed by atoms with Crippen LogP contribution in [0.15, 0.2) is 36.4 Å². The standard InChI is InChI=1S/C30H37F2N5O5/c1-17(2)25-27(39)34-19(4)28(40)37-13-5-6-23(36-37)26(38)33-18(3)22-10-9-21-8-7-20(14-24(21)35-22)11-12-30(15-31,16-32)29(41)42-25/h7-12,14,17-19,23,25,36H,5-6,13,15-16H2,1-4H3,(H,33,38)(H,34,39)/b12-11+/t18-,19+,23+,25?/m1/s1. The largest absolute Gasteiger partial charge is 0.451 e. The number of carbonyl (C=O) groups excluding carboxylic acids is 4. The molecule has 0 radical (unpaired) electrons. The Morgan fingerprint density at radius 3 is 2.40 bits per heavy atom. The topological polar surface area (TPSA) is 130 Å². The molecule has 1 aromatic carbocycles. The van der Waals surface area contributed by atoms with Crippen LogP contribution in [0.4, 0.5) is 8.78 Å². The molecule has 42 heavy (non-hydrogen) atoms. The molecule has 3 N–H and O–H groups in total. The lowest BCUT2D eigenvalue weighted by atomic mass is 9.89. The maximum absolute atomic E-state index is 14.3. The van der Waals surface area contributed by atoms with Crippen LogP contribution in [0.5, 0.6) is 0 Å². The van der Waals surface area contributed by atoms with E-state index in [1.807, 2.05) is 6.07 Å². The van der Waals surface area contributed by atoms with Crippen molar-refractivity contribution >= 4 is 40.7 Å². The van der Waals surface area contributed by atoms with E-state index in [0.29, 0.717) is 36.2 Å². The van der Waals surface area contributed by atoms with Gasteiger partial charge in [-0.1, -0.05) is 44.2 Å². The maximum atomic E-state index is 14.3. The molecule has 0 spiro atoms. The molecule has 3 amide bonds. The predicted octanol–water partition coefficient (Wildman–Crippen LogP) is 2.93. The normalized spacial score (nSPS) is 26.5. The van der Waals surface area contributed by atoms with Crippen LogP contribution < -0.4 is 16.1 Å². The number of ether oxygens (including phenoxy) is 1. The van der Waals surface area contributed by atoms with Crippen LogP contribution in [0, 0.1) is 11.3 Å². The molecule has 226 valence electrons. The summed E-state index contributed by atoms with van der Waals surface area (Å²) in [5.41, 5.74) is 2.38. The molecule has 2 aliphatic heterocycles.